The number of nitrogens with zero attached hydrogens (tertiary/aromatic N) is 7. The minimum Gasteiger partial charge on any atom is -0.368 e. The van der Waals surface area contributed by atoms with E-state index in [1.165, 1.54) is 10.7 Å². The first-order valence-electron chi connectivity index (χ1n) is 10.6. The molecule has 7 nitrogen and oxygen atoms in total. The van der Waals surface area contributed by atoms with E-state index in [9.17, 15) is 13.2 Å². The van der Waals surface area contributed by atoms with E-state index in [1.54, 1.807) is 36.8 Å². The average molecular weight is 453 g/mol. The molecule has 0 bridgehead atoms. The van der Waals surface area contributed by atoms with Crippen molar-refractivity contribution in [3.63, 3.8) is 0 Å². The van der Waals surface area contributed by atoms with Crippen LogP contribution in [0.5, 0.6) is 0 Å². The normalized spacial score (nSPS) is 15.3. The number of piperazine rings is 1. The Labute approximate surface area is 188 Å². The highest BCUT2D eigenvalue weighted by Gasteiger charge is 2.35. The molecular formula is C23H22F3N7. The molecule has 0 atom stereocenters. The van der Waals surface area contributed by atoms with Gasteiger partial charge in [-0.15, -0.1) is 0 Å². The summed E-state index contributed by atoms with van der Waals surface area (Å²) in [6, 6.07) is 9.98. The molecule has 5 rings (SSSR count). The second kappa shape index (κ2) is 8.43. The fourth-order valence-corrected chi connectivity index (χ4v) is 4.09. The molecule has 1 aliphatic heterocycles. The van der Waals surface area contributed by atoms with Crippen LogP contribution in [0.2, 0.25) is 0 Å². The van der Waals surface area contributed by atoms with Gasteiger partial charge in [-0.05, 0) is 42.9 Å². The fourth-order valence-electron chi connectivity index (χ4n) is 4.09. The van der Waals surface area contributed by atoms with Gasteiger partial charge in [0.2, 0.25) is 0 Å². The molecule has 0 unspecified atom stereocenters. The number of alkyl halides is 3. The van der Waals surface area contributed by atoms with Crippen molar-refractivity contribution in [3.8, 4) is 11.3 Å². The quantitative estimate of drug-likeness (QED) is 0.471. The second-order valence-corrected chi connectivity index (χ2v) is 8.13. The van der Waals surface area contributed by atoms with E-state index < -0.39 is 11.7 Å². The van der Waals surface area contributed by atoms with Crippen LogP contribution in [0, 0.1) is 0 Å². The van der Waals surface area contributed by atoms with Gasteiger partial charge in [-0.25, -0.2) is 9.97 Å². The third-order valence-electron chi connectivity index (χ3n) is 5.86. The van der Waals surface area contributed by atoms with Crippen molar-refractivity contribution in [2.75, 3.05) is 38.1 Å². The number of anilines is 1. The van der Waals surface area contributed by atoms with E-state index >= 15 is 0 Å². The number of halogens is 3. The van der Waals surface area contributed by atoms with E-state index in [-0.39, 0.29) is 12.1 Å². The first-order chi connectivity index (χ1) is 15.9. The Kier molecular flexibility index (Phi) is 5.45. The third kappa shape index (κ3) is 4.38. The lowest BCUT2D eigenvalue weighted by Crippen LogP contribution is -2.45. The summed E-state index contributed by atoms with van der Waals surface area (Å²) in [6.07, 6.45) is 0.667. The highest BCUT2D eigenvalue weighted by atomic mass is 19.4. The van der Waals surface area contributed by atoms with Crippen molar-refractivity contribution in [1.82, 2.24) is 29.7 Å². The lowest BCUT2D eigenvalue weighted by atomic mass is 10.0. The molecule has 0 aliphatic carbocycles. The highest BCUT2D eigenvalue weighted by Crippen LogP contribution is 2.38. The topological polar surface area (TPSA) is 62.5 Å². The number of likely N-dealkylation sites (N-methyl/N-ethyl adjacent to an activating group) is 1. The lowest BCUT2D eigenvalue weighted by molar-refractivity contribution is -0.137. The van der Waals surface area contributed by atoms with Gasteiger partial charge < -0.3 is 9.80 Å². The van der Waals surface area contributed by atoms with Gasteiger partial charge in [0.15, 0.2) is 0 Å². The van der Waals surface area contributed by atoms with Crippen molar-refractivity contribution < 1.29 is 13.2 Å². The third-order valence-corrected chi connectivity index (χ3v) is 5.86. The number of fused-ring (bicyclic) bond motifs is 1. The monoisotopic (exact) mass is 453 g/mol. The SMILES string of the molecule is CN1CCN(c2ccc(Cc3nccc(-c4cnn5ncccc45)n3)cc2C(F)(F)F)CC1. The van der Waals surface area contributed by atoms with Gasteiger partial charge in [0.05, 0.1) is 23.0 Å². The summed E-state index contributed by atoms with van der Waals surface area (Å²) in [5.74, 6) is 0.441. The van der Waals surface area contributed by atoms with Gasteiger partial charge in [0.1, 0.15) is 5.82 Å². The van der Waals surface area contributed by atoms with Crippen molar-refractivity contribution in [3.05, 3.63) is 71.9 Å². The molecule has 1 saturated heterocycles. The van der Waals surface area contributed by atoms with Crippen LogP contribution in [-0.4, -0.2) is 62.9 Å². The molecule has 33 heavy (non-hydrogen) atoms. The molecule has 4 heterocycles. The summed E-state index contributed by atoms with van der Waals surface area (Å²) in [4.78, 5) is 12.8. The molecule has 0 radical (unpaired) electrons. The van der Waals surface area contributed by atoms with Gasteiger partial charge >= 0.3 is 6.18 Å². The predicted molar refractivity (Wildman–Crippen MR) is 118 cm³/mol. The van der Waals surface area contributed by atoms with Gasteiger partial charge in [-0.2, -0.15) is 28.0 Å². The molecule has 10 heteroatoms. The minimum atomic E-state index is -4.44. The Morgan fingerprint density at radius 2 is 1.79 bits per heavy atom. The molecule has 3 aromatic heterocycles. The van der Waals surface area contributed by atoms with Crippen molar-refractivity contribution in [2.45, 2.75) is 12.6 Å². The largest absolute Gasteiger partial charge is 0.418 e. The summed E-state index contributed by atoms with van der Waals surface area (Å²) in [5, 5.41) is 8.37. The first-order valence-corrected chi connectivity index (χ1v) is 10.6. The number of hydrogen-bond donors (Lipinski definition) is 0. The smallest absolute Gasteiger partial charge is 0.368 e. The Hall–Kier alpha value is -3.53. The molecule has 1 aliphatic rings. The number of benzene rings is 1. The molecule has 4 aromatic rings. The zero-order chi connectivity index (χ0) is 23.0. The van der Waals surface area contributed by atoms with Gasteiger partial charge in [-0.1, -0.05) is 6.07 Å². The second-order valence-electron chi connectivity index (χ2n) is 8.13. The molecular weight excluding hydrogens is 431 g/mol. The van der Waals surface area contributed by atoms with Crippen LogP contribution in [0.3, 0.4) is 0 Å². The lowest BCUT2D eigenvalue weighted by Gasteiger charge is -2.35. The van der Waals surface area contributed by atoms with E-state index in [2.05, 4.69) is 25.1 Å². The van der Waals surface area contributed by atoms with Crippen LogP contribution < -0.4 is 4.90 Å². The molecule has 0 N–H and O–H groups in total. The predicted octanol–water partition coefficient (Wildman–Crippen LogP) is 3.55. The van der Waals surface area contributed by atoms with Crippen LogP contribution in [0.25, 0.3) is 16.8 Å². The molecule has 1 fully saturated rings. The maximum atomic E-state index is 13.9. The minimum absolute atomic E-state index is 0.192. The number of rotatable bonds is 4. The molecule has 1 aromatic carbocycles. The zero-order valence-electron chi connectivity index (χ0n) is 18.0. The maximum absolute atomic E-state index is 13.9. The Bertz CT molecular complexity index is 1280. The van der Waals surface area contributed by atoms with Crippen LogP contribution in [0.15, 0.2) is 55.0 Å². The standard InChI is InChI=1S/C23H22F3N7/c1-31-9-11-32(12-10-31)21-5-4-16(13-18(21)23(24,25)26)14-22-27-8-6-19(30-22)17-15-29-33-20(17)3-2-7-28-33/h2-8,13,15H,9-12,14H2,1H3. The van der Waals surface area contributed by atoms with E-state index in [1.807, 2.05) is 24.1 Å². The van der Waals surface area contributed by atoms with Crippen molar-refractivity contribution in [2.24, 2.45) is 0 Å². The van der Waals surface area contributed by atoms with Crippen LogP contribution in [0.1, 0.15) is 17.0 Å². The highest BCUT2D eigenvalue weighted by molar-refractivity contribution is 5.76. The Morgan fingerprint density at radius 3 is 2.58 bits per heavy atom. The fraction of sp³-hybridized carbons (Fsp3) is 0.304. The average Bonchev–Trinajstić information content (AvgIpc) is 3.24. The van der Waals surface area contributed by atoms with E-state index in [0.717, 1.165) is 24.2 Å². The van der Waals surface area contributed by atoms with Gasteiger partial charge in [0.25, 0.3) is 0 Å². The van der Waals surface area contributed by atoms with Crippen molar-refractivity contribution >= 4 is 11.2 Å². The van der Waals surface area contributed by atoms with Crippen LogP contribution in [0.4, 0.5) is 18.9 Å². The van der Waals surface area contributed by atoms with Crippen molar-refractivity contribution in [1.29, 1.82) is 0 Å². The zero-order valence-corrected chi connectivity index (χ0v) is 18.0. The van der Waals surface area contributed by atoms with Gasteiger partial charge in [-0.3, -0.25) is 0 Å². The molecule has 0 saturated carbocycles. The summed E-state index contributed by atoms with van der Waals surface area (Å²) in [5.41, 5.74) is 2.35. The Morgan fingerprint density at radius 1 is 0.970 bits per heavy atom. The summed E-state index contributed by atoms with van der Waals surface area (Å²) in [6.45, 7) is 2.61. The van der Waals surface area contributed by atoms with Gasteiger partial charge in [0, 0.05) is 56.2 Å². The Balaban J connectivity index is 1.44. The number of aromatic nitrogens is 5. The van der Waals surface area contributed by atoms with Crippen LogP contribution in [-0.2, 0) is 12.6 Å². The summed E-state index contributed by atoms with van der Waals surface area (Å²) >= 11 is 0. The molecule has 0 spiro atoms. The molecule has 0 amide bonds. The van der Waals surface area contributed by atoms with E-state index in [4.69, 9.17) is 0 Å². The maximum Gasteiger partial charge on any atom is 0.418 e. The summed E-state index contributed by atoms with van der Waals surface area (Å²) in [7, 11) is 1.97. The van der Waals surface area contributed by atoms with E-state index in [0.29, 0.717) is 30.2 Å². The first kappa shape index (κ1) is 21.3. The van der Waals surface area contributed by atoms with Crippen LogP contribution >= 0.6 is 0 Å². The number of hydrogen-bond acceptors (Lipinski definition) is 6. The summed E-state index contributed by atoms with van der Waals surface area (Å²) < 4.78 is 43.2. The molecule has 170 valence electrons.